The second-order valence-corrected chi connectivity index (χ2v) is 56.1. The van der Waals surface area contributed by atoms with E-state index in [1.165, 1.54) is 11.8 Å². The number of hydrogen-bond acceptors (Lipinski definition) is 36. The fourth-order valence-corrected chi connectivity index (χ4v) is 30.2. The van der Waals surface area contributed by atoms with Gasteiger partial charge in [0.15, 0.2) is 0 Å². The molecule has 0 aromatic heterocycles. The Hall–Kier alpha value is -0.0787. The van der Waals surface area contributed by atoms with Crippen molar-refractivity contribution in [3.05, 3.63) is 0 Å². The molecule has 0 bridgehead atoms. The Kier molecular flexibility index (Phi) is 82.9. The van der Waals surface area contributed by atoms with Crippen molar-refractivity contribution in [2.24, 2.45) is 10.8 Å². The van der Waals surface area contributed by atoms with Gasteiger partial charge in [0.25, 0.3) is 0 Å². The number of thioether (sulfide) groups is 6. The van der Waals surface area contributed by atoms with Crippen LogP contribution in [0.25, 0.3) is 0 Å². The molecule has 0 atom stereocenters. The van der Waals surface area contributed by atoms with Gasteiger partial charge >= 0.3 is 71.0 Å². The van der Waals surface area contributed by atoms with Crippen molar-refractivity contribution in [3.8, 4) is 0 Å². The molecule has 46 heteroatoms. The predicted molar refractivity (Wildman–Crippen MR) is 525 cm³/mol. The molecule has 127 heavy (non-hydrogen) atoms. The van der Waals surface area contributed by atoms with Gasteiger partial charge in [-0.15, -0.1) is 0 Å². The highest BCUT2D eigenvalue weighted by atomic mass is 32.2. The number of carbonyl (C=O) groups excluding carboxylic acids is 4. The van der Waals surface area contributed by atoms with Crippen molar-refractivity contribution >= 4 is 148 Å². The van der Waals surface area contributed by atoms with E-state index in [1.807, 2.05) is 70.6 Å². The Labute approximate surface area is 797 Å². The third-order valence-corrected chi connectivity index (χ3v) is 44.9. The first-order valence-electron chi connectivity index (χ1n) is 44.8. The minimum absolute atomic E-state index is 0.0100. The molecule has 0 saturated carbocycles. The molecule has 0 unspecified atom stereocenters. The molecule has 0 rings (SSSR count). The number of alkyl carbamates (subject to hydrolysis) is 2. The lowest BCUT2D eigenvalue weighted by Gasteiger charge is -2.32. The van der Waals surface area contributed by atoms with E-state index in [0.717, 1.165) is 208 Å². The topological polar surface area (TPSA) is 348 Å². The number of imide groups is 1. The maximum atomic E-state index is 13.5. The van der Waals surface area contributed by atoms with Gasteiger partial charge in [-0.2, -0.15) is 70.6 Å². The quantitative estimate of drug-likeness (QED) is 0.0376. The van der Waals surface area contributed by atoms with Crippen LogP contribution in [0.15, 0.2) is 0 Å². The van der Waals surface area contributed by atoms with Crippen LogP contribution in [0.1, 0.15) is 135 Å². The maximum absolute atomic E-state index is 13.5. The van der Waals surface area contributed by atoms with Crippen LogP contribution in [-0.4, -0.2) is 398 Å². The molecule has 756 valence electrons. The second kappa shape index (κ2) is 82.9. The van der Waals surface area contributed by atoms with E-state index in [-0.39, 0.29) is 65.3 Å². The maximum Gasteiger partial charge on any atom is 0.500 e. The minimum Gasteiger partial charge on any atom is -0.449 e. The largest absolute Gasteiger partial charge is 0.500 e. The van der Waals surface area contributed by atoms with E-state index in [0.29, 0.717) is 85.0 Å². The van der Waals surface area contributed by atoms with Crippen molar-refractivity contribution < 1.29 is 137 Å². The monoisotopic (exact) mass is 2040 g/mol. The Balaban J connectivity index is 5.83. The zero-order valence-electron chi connectivity index (χ0n) is 81.2. The summed E-state index contributed by atoms with van der Waals surface area (Å²) in [6, 6.07) is 3.98. The van der Waals surface area contributed by atoms with Gasteiger partial charge in [-0.1, -0.05) is 25.7 Å². The lowest BCUT2D eigenvalue weighted by molar-refractivity contribution is -0.126. The highest BCUT2D eigenvalue weighted by Crippen LogP contribution is 2.28. The molecule has 0 radical (unpaired) electrons. The average Bonchev–Trinajstić information content (AvgIpc) is 0.865. The van der Waals surface area contributed by atoms with Crippen molar-refractivity contribution in [1.29, 1.82) is 0 Å². The highest BCUT2D eigenvalue weighted by molar-refractivity contribution is 8.00. The summed E-state index contributed by atoms with van der Waals surface area (Å²) in [4.78, 5) is 54.4. The Morgan fingerprint density at radius 2 is 0.433 bits per heavy atom. The first-order valence-corrected chi connectivity index (χ1v) is 63.3. The van der Waals surface area contributed by atoms with Crippen LogP contribution in [0.5, 0.6) is 0 Å². The zero-order chi connectivity index (χ0) is 94.2. The lowest BCUT2D eigenvalue weighted by atomic mass is 9.92. The zero-order valence-corrected chi connectivity index (χ0v) is 92.1. The van der Waals surface area contributed by atoms with Gasteiger partial charge in [-0.25, -0.2) is 14.4 Å². The summed E-state index contributed by atoms with van der Waals surface area (Å²) in [6.07, 6.45) is 14.9. The number of nitrogens with zero attached hydrogens (tertiary/aromatic N) is 1. The van der Waals surface area contributed by atoms with E-state index in [1.54, 1.807) is 128 Å². The van der Waals surface area contributed by atoms with Crippen molar-refractivity contribution in [2.75, 3.05) is 316 Å². The fraction of sp³-hybridized carbons (Fsp3) is 0.951. The molecule has 5 amide bonds. The second-order valence-electron chi connectivity index (χ2n) is 30.2. The summed E-state index contributed by atoms with van der Waals surface area (Å²) in [7, 11) is 13.6. The molecule has 0 aromatic carbocycles. The van der Waals surface area contributed by atoms with Crippen LogP contribution in [0.4, 0.5) is 14.4 Å². The van der Waals surface area contributed by atoms with Gasteiger partial charge in [0.2, 0.25) is 5.91 Å². The third kappa shape index (κ3) is 60.4. The summed E-state index contributed by atoms with van der Waals surface area (Å²) in [5.41, 5.74) is -1.59. The minimum atomic E-state index is -2.63. The van der Waals surface area contributed by atoms with E-state index in [9.17, 15) is 19.2 Å². The number of rotatable bonds is 96. The number of hydrogen-bond donors (Lipinski definition) is 3. The van der Waals surface area contributed by atoms with Crippen LogP contribution in [0.2, 0.25) is 36.3 Å². The number of ether oxygens (including phenoxy) is 8. The van der Waals surface area contributed by atoms with Crippen LogP contribution in [0, 0.1) is 10.8 Å². The molecular weight excluding hydrogens is 1870 g/mol. The number of amides is 5. The molecule has 0 heterocycles. The molecule has 0 saturated heterocycles. The molecule has 0 aliphatic heterocycles. The standard InChI is InChI=1S/C81H172N4O30S6Si6/c1-76(86)85(43-27-23-22-26-42-84-79(89)115-75-81(71-111-47-31-53-119-59-37-65-125(99-11,100-12)101-13,72-112-48-32-54-120-60-38-66-126(102-14,103-15)104-16)73-113-49-33-55-121-61-39-67-127(105-17,106-18)107-19)77(87)82-40-24-20-21-25-41-83-78(88)114-74-80(68-108-44-28-50-116-56-34-62-122(90-2,91-3)92-4,69-109-45-29-51-117-57-35-63-123(93-5,94-6)95-7)70-110-46-30-52-118-58-36-64-124(96-8,97-9)98-10/h20-75H2,1-19H3,(H,82,87)(H,83,88)(H,84,89). The highest BCUT2D eigenvalue weighted by Gasteiger charge is 2.43. The number of urea groups is 1. The molecule has 34 nitrogen and oxygen atoms in total. The Morgan fingerprint density at radius 1 is 0.244 bits per heavy atom. The summed E-state index contributed by atoms with van der Waals surface area (Å²) >= 11 is 11.1. The van der Waals surface area contributed by atoms with Gasteiger partial charge in [0, 0.05) is 237 Å². The molecule has 0 aliphatic rings. The summed E-state index contributed by atoms with van der Waals surface area (Å²) < 4.78 is 152. The summed E-state index contributed by atoms with van der Waals surface area (Å²) in [5.74, 6) is 10.7. The van der Waals surface area contributed by atoms with Crippen molar-refractivity contribution in [3.63, 3.8) is 0 Å². The van der Waals surface area contributed by atoms with Crippen LogP contribution in [0.3, 0.4) is 0 Å². The number of carbonyl (C=O) groups is 4. The number of unbranched alkanes of at least 4 members (excludes halogenated alkanes) is 6. The SMILES string of the molecule is CO[Si](CCCSCCCOCC(COCCCSCCC[Si](OC)(OC)OC)(COCCCSCCC[Si](OC)(OC)OC)COC(=O)NCCCCCCNC(=O)N(CCCCCCNC(=O)OCC(COCCCSCCC[Si](OC)(OC)OC)(COCCCSCCC[Si](OC)(OC)OC)COCCCSCCC[Si](OC)(OC)OC)C(C)=O)(OC)OC. The Morgan fingerprint density at radius 3 is 0.630 bits per heavy atom. The Bertz CT molecular complexity index is 2340. The van der Waals surface area contributed by atoms with Gasteiger partial charge in [0.1, 0.15) is 13.2 Å². The van der Waals surface area contributed by atoms with E-state index < -0.39 is 81.9 Å². The average molecular weight is 2040 g/mol. The molecule has 0 fully saturated rings. The summed E-state index contributed by atoms with van der Waals surface area (Å²) in [6.45, 7) is 7.41. The fourth-order valence-electron chi connectivity index (χ4n) is 13.1. The van der Waals surface area contributed by atoms with Crippen LogP contribution in [-0.2, 0) is 122 Å². The molecular formula is C81H172N4O30S6Si6. The van der Waals surface area contributed by atoms with E-state index >= 15 is 0 Å². The molecule has 0 spiro atoms. The molecule has 3 N–H and O–H groups in total. The number of nitrogens with one attached hydrogen (secondary N) is 3. The third-order valence-electron chi connectivity index (χ3n) is 21.0. The predicted octanol–water partition coefficient (Wildman–Crippen LogP) is 13.5. The lowest BCUT2D eigenvalue weighted by Crippen LogP contribution is -2.43. The van der Waals surface area contributed by atoms with E-state index in [4.69, 9.17) is 118 Å². The van der Waals surface area contributed by atoms with Crippen molar-refractivity contribution in [1.82, 2.24) is 20.9 Å². The van der Waals surface area contributed by atoms with Gasteiger partial charge in [-0.05, 0) is 172 Å². The van der Waals surface area contributed by atoms with Gasteiger partial charge in [-0.3, -0.25) is 9.69 Å². The van der Waals surface area contributed by atoms with Crippen LogP contribution < -0.4 is 16.0 Å². The first-order chi connectivity index (χ1) is 61.5. The molecule has 0 aliphatic carbocycles. The normalized spacial score (nSPS) is 12.7. The first kappa shape index (κ1) is 127. The molecule has 0 aromatic rings. The van der Waals surface area contributed by atoms with Gasteiger partial charge in [0.05, 0.1) is 50.5 Å². The van der Waals surface area contributed by atoms with Crippen molar-refractivity contribution in [2.45, 2.75) is 172 Å². The smallest absolute Gasteiger partial charge is 0.449 e. The van der Waals surface area contributed by atoms with Crippen LogP contribution >= 0.6 is 70.6 Å². The summed E-state index contributed by atoms with van der Waals surface area (Å²) in [5, 5.41) is 8.79. The van der Waals surface area contributed by atoms with Gasteiger partial charge < -0.3 is 134 Å². The van der Waals surface area contributed by atoms with E-state index in [2.05, 4.69) is 16.0 Å².